The second kappa shape index (κ2) is 8.49. The van der Waals surface area contributed by atoms with Crippen LogP contribution in [0.1, 0.15) is 36.7 Å². The number of amides is 1. The molecule has 3 rings (SSSR count). The third kappa shape index (κ3) is 4.28. The standard InChI is InChI=1S/C18H21ClN4O4/c1-2-9-22-17(25)15(16(24)20-11-14-4-3-10-27-14)21-23(18(22)26)13-7-5-12(19)6-8-13/h5-8,14H,2-4,9-11H2,1H3,(H,20,24)/t14-/m0/s1. The highest BCUT2D eigenvalue weighted by Crippen LogP contribution is 2.12. The van der Waals surface area contributed by atoms with E-state index < -0.39 is 17.2 Å². The Kier molecular flexibility index (Phi) is 6.08. The van der Waals surface area contributed by atoms with Gasteiger partial charge < -0.3 is 10.1 Å². The van der Waals surface area contributed by atoms with Gasteiger partial charge in [-0.05, 0) is 43.5 Å². The van der Waals surface area contributed by atoms with E-state index >= 15 is 0 Å². The van der Waals surface area contributed by atoms with E-state index in [4.69, 9.17) is 16.3 Å². The van der Waals surface area contributed by atoms with Crippen molar-refractivity contribution in [2.45, 2.75) is 38.8 Å². The number of rotatable bonds is 6. The van der Waals surface area contributed by atoms with Gasteiger partial charge in [0, 0.05) is 24.7 Å². The Hall–Kier alpha value is -2.45. The van der Waals surface area contributed by atoms with Gasteiger partial charge in [-0.15, -0.1) is 0 Å². The average molecular weight is 393 g/mol. The monoisotopic (exact) mass is 392 g/mol. The van der Waals surface area contributed by atoms with Crippen LogP contribution in [0.2, 0.25) is 5.02 Å². The summed E-state index contributed by atoms with van der Waals surface area (Å²) in [6.07, 6.45) is 2.31. The second-order valence-electron chi connectivity index (χ2n) is 6.32. The van der Waals surface area contributed by atoms with Crippen molar-refractivity contribution in [2.24, 2.45) is 0 Å². The number of aromatic nitrogens is 3. The van der Waals surface area contributed by atoms with Crippen molar-refractivity contribution in [3.8, 4) is 5.69 Å². The van der Waals surface area contributed by atoms with Gasteiger partial charge in [0.1, 0.15) is 0 Å². The van der Waals surface area contributed by atoms with E-state index in [1.807, 2.05) is 6.92 Å². The zero-order valence-corrected chi connectivity index (χ0v) is 15.7. The van der Waals surface area contributed by atoms with Crippen molar-refractivity contribution < 1.29 is 9.53 Å². The summed E-state index contributed by atoms with van der Waals surface area (Å²) in [5.41, 5.74) is -1.20. The Balaban J connectivity index is 1.99. The SMILES string of the molecule is CCCn1c(=O)c(C(=O)NC[C@@H]2CCCO2)nn(-c2ccc(Cl)cc2)c1=O. The number of halogens is 1. The molecule has 1 aromatic carbocycles. The van der Waals surface area contributed by atoms with E-state index in [0.717, 1.165) is 22.1 Å². The second-order valence-corrected chi connectivity index (χ2v) is 6.76. The third-order valence-corrected chi connectivity index (χ3v) is 4.56. The molecule has 27 heavy (non-hydrogen) atoms. The van der Waals surface area contributed by atoms with E-state index in [1.165, 1.54) is 0 Å². The van der Waals surface area contributed by atoms with Crippen LogP contribution in [-0.4, -0.2) is 39.5 Å². The van der Waals surface area contributed by atoms with E-state index in [-0.39, 0.29) is 18.3 Å². The molecular weight excluding hydrogens is 372 g/mol. The minimum atomic E-state index is -0.697. The van der Waals surface area contributed by atoms with Gasteiger partial charge in [-0.25, -0.2) is 4.79 Å². The summed E-state index contributed by atoms with van der Waals surface area (Å²) in [5.74, 6) is -0.622. The van der Waals surface area contributed by atoms with Crippen LogP contribution in [0.15, 0.2) is 33.9 Å². The minimum absolute atomic E-state index is 0.0611. The van der Waals surface area contributed by atoms with Crippen molar-refractivity contribution in [3.05, 3.63) is 55.8 Å². The van der Waals surface area contributed by atoms with Gasteiger partial charge in [0.25, 0.3) is 11.5 Å². The highest BCUT2D eigenvalue weighted by molar-refractivity contribution is 6.30. The number of hydrogen-bond acceptors (Lipinski definition) is 5. The van der Waals surface area contributed by atoms with Crippen LogP contribution in [0.25, 0.3) is 5.69 Å². The number of benzene rings is 1. The summed E-state index contributed by atoms with van der Waals surface area (Å²) in [7, 11) is 0. The smallest absolute Gasteiger partial charge is 0.352 e. The first-order valence-corrected chi connectivity index (χ1v) is 9.29. The van der Waals surface area contributed by atoms with Crippen LogP contribution in [0.4, 0.5) is 0 Å². The first kappa shape index (κ1) is 19.3. The highest BCUT2D eigenvalue weighted by Gasteiger charge is 2.22. The van der Waals surface area contributed by atoms with Gasteiger partial charge in [-0.1, -0.05) is 18.5 Å². The van der Waals surface area contributed by atoms with Crippen LogP contribution in [-0.2, 0) is 11.3 Å². The molecule has 144 valence electrons. The molecule has 1 atom stereocenters. The lowest BCUT2D eigenvalue weighted by Crippen LogP contribution is -2.46. The predicted octanol–water partition coefficient (Wildman–Crippen LogP) is 1.37. The van der Waals surface area contributed by atoms with Gasteiger partial charge in [-0.2, -0.15) is 9.78 Å². The Bertz CT molecular complexity index is 930. The Labute approximate surface area is 160 Å². The maximum Gasteiger partial charge on any atom is 0.352 e. The summed E-state index contributed by atoms with van der Waals surface area (Å²) < 4.78 is 7.55. The molecule has 9 heteroatoms. The summed E-state index contributed by atoms with van der Waals surface area (Å²) in [6, 6.07) is 6.42. The lowest BCUT2D eigenvalue weighted by atomic mass is 10.2. The zero-order chi connectivity index (χ0) is 19.4. The highest BCUT2D eigenvalue weighted by atomic mass is 35.5. The fraction of sp³-hybridized carbons (Fsp3) is 0.444. The van der Waals surface area contributed by atoms with Crippen molar-refractivity contribution in [3.63, 3.8) is 0 Å². The molecule has 0 spiro atoms. The number of carbonyl (C=O) groups is 1. The number of carbonyl (C=O) groups excluding carboxylic acids is 1. The predicted molar refractivity (Wildman–Crippen MR) is 101 cm³/mol. The van der Waals surface area contributed by atoms with Crippen LogP contribution >= 0.6 is 11.6 Å². The maximum atomic E-state index is 12.7. The molecule has 1 N–H and O–H groups in total. The summed E-state index contributed by atoms with van der Waals surface area (Å²) in [5, 5.41) is 7.22. The zero-order valence-electron chi connectivity index (χ0n) is 15.0. The fourth-order valence-corrected chi connectivity index (χ4v) is 3.05. The normalized spacial score (nSPS) is 16.4. The van der Waals surface area contributed by atoms with Crippen molar-refractivity contribution >= 4 is 17.5 Å². The molecular formula is C18H21ClN4O4. The van der Waals surface area contributed by atoms with E-state index in [0.29, 0.717) is 30.3 Å². The first-order valence-electron chi connectivity index (χ1n) is 8.91. The van der Waals surface area contributed by atoms with Gasteiger partial charge in [0.05, 0.1) is 11.8 Å². The molecule has 1 fully saturated rings. The maximum absolute atomic E-state index is 12.7. The van der Waals surface area contributed by atoms with Gasteiger partial charge in [0.15, 0.2) is 0 Å². The molecule has 8 nitrogen and oxygen atoms in total. The number of hydrogen-bond donors (Lipinski definition) is 1. The van der Waals surface area contributed by atoms with Crippen LogP contribution in [0.3, 0.4) is 0 Å². The Morgan fingerprint density at radius 3 is 2.70 bits per heavy atom. The Morgan fingerprint density at radius 2 is 2.07 bits per heavy atom. The third-order valence-electron chi connectivity index (χ3n) is 4.31. The lowest BCUT2D eigenvalue weighted by Gasteiger charge is -2.13. The molecule has 1 aliphatic rings. The van der Waals surface area contributed by atoms with E-state index in [2.05, 4.69) is 10.4 Å². The number of nitrogens with zero attached hydrogens (tertiary/aromatic N) is 3. The topological polar surface area (TPSA) is 95.2 Å². The summed E-state index contributed by atoms with van der Waals surface area (Å²) in [4.78, 5) is 37.9. The van der Waals surface area contributed by atoms with Crippen LogP contribution in [0.5, 0.6) is 0 Å². The summed E-state index contributed by atoms with van der Waals surface area (Å²) >= 11 is 5.89. The molecule has 1 amide bonds. The molecule has 0 saturated carbocycles. The molecule has 2 aromatic rings. The van der Waals surface area contributed by atoms with Crippen molar-refractivity contribution in [2.75, 3.05) is 13.2 Å². The molecule has 0 bridgehead atoms. The van der Waals surface area contributed by atoms with Gasteiger partial charge in [0.2, 0.25) is 5.69 Å². The van der Waals surface area contributed by atoms with Crippen LogP contribution in [0, 0.1) is 0 Å². The average Bonchev–Trinajstić information content (AvgIpc) is 3.18. The van der Waals surface area contributed by atoms with Gasteiger partial charge in [-0.3, -0.25) is 14.2 Å². The van der Waals surface area contributed by atoms with Gasteiger partial charge >= 0.3 is 5.69 Å². The number of ether oxygens (including phenoxy) is 1. The molecule has 0 aliphatic carbocycles. The first-order chi connectivity index (χ1) is 13.0. The lowest BCUT2D eigenvalue weighted by molar-refractivity contribution is 0.0849. The van der Waals surface area contributed by atoms with E-state index in [1.54, 1.807) is 24.3 Å². The largest absolute Gasteiger partial charge is 0.376 e. The molecule has 1 aromatic heterocycles. The van der Waals surface area contributed by atoms with E-state index in [9.17, 15) is 14.4 Å². The van der Waals surface area contributed by atoms with Crippen molar-refractivity contribution in [1.29, 1.82) is 0 Å². The summed E-state index contributed by atoms with van der Waals surface area (Å²) in [6.45, 7) is 3.01. The molecule has 0 unspecified atom stereocenters. The molecule has 1 saturated heterocycles. The quantitative estimate of drug-likeness (QED) is 0.801. The van der Waals surface area contributed by atoms with Crippen LogP contribution < -0.4 is 16.6 Å². The molecule has 2 heterocycles. The van der Waals surface area contributed by atoms with Crippen molar-refractivity contribution in [1.82, 2.24) is 19.7 Å². The Morgan fingerprint density at radius 1 is 1.33 bits per heavy atom. The molecule has 0 radical (unpaired) electrons. The minimum Gasteiger partial charge on any atom is -0.376 e. The molecule has 1 aliphatic heterocycles. The fourth-order valence-electron chi connectivity index (χ4n) is 2.92. The number of nitrogens with one attached hydrogen (secondary N) is 1.